The highest BCUT2D eigenvalue weighted by molar-refractivity contribution is 4.91. The van der Waals surface area contributed by atoms with E-state index in [0.717, 1.165) is 18.0 Å². The standard InChI is InChI=1S/C16H32N2/c1-5-8-18-11-13(10-16(2,3)4)9-15(12-18)17-14-6-7-14/h13-15,17H,5-12H2,1-4H3. The first-order valence-electron chi connectivity index (χ1n) is 7.94. The fraction of sp³-hybridized carbons (Fsp3) is 1.00. The minimum Gasteiger partial charge on any atom is -0.310 e. The molecule has 2 nitrogen and oxygen atoms in total. The van der Waals surface area contributed by atoms with Gasteiger partial charge in [-0.15, -0.1) is 0 Å². The largest absolute Gasteiger partial charge is 0.310 e. The molecule has 2 fully saturated rings. The van der Waals surface area contributed by atoms with Crippen molar-refractivity contribution in [2.45, 2.75) is 71.9 Å². The fourth-order valence-corrected chi connectivity index (χ4v) is 3.52. The highest BCUT2D eigenvalue weighted by Gasteiger charge is 2.32. The first kappa shape index (κ1) is 14.3. The van der Waals surface area contributed by atoms with Crippen LogP contribution in [0.5, 0.6) is 0 Å². The van der Waals surface area contributed by atoms with E-state index in [1.807, 2.05) is 0 Å². The third-order valence-corrected chi connectivity index (χ3v) is 4.10. The number of nitrogens with one attached hydrogen (secondary N) is 1. The van der Waals surface area contributed by atoms with Crippen LogP contribution in [-0.4, -0.2) is 36.6 Å². The normalized spacial score (nSPS) is 30.7. The Morgan fingerprint density at radius 1 is 1.11 bits per heavy atom. The van der Waals surface area contributed by atoms with E-state index in [4.69, 9.17) is 0 Å². The summed E-state index contributed by atoms with van der Waals surface area (Å²) in [5, 5.41) is 3.86. The molecule has 0 aromatic rings. The maximum absolute atomic E-state index is 3.86. The first-order chi connectivity index (χ1) is 8.46. The predicted molar refractivity (Wildman–Crippen MR) is 78.9 cm³/mol. The third-order valence-electron chi connectivity index (χ3n) is 4.10. The van der Waals surface area contributed by atoms with Gasteiger partial charge >= 0.3 is 0 Å². The number of hydrogen-bond donors (Lipinski definition) is 1. The molecule has 0 aromatic heterocycles. The summed E-state index contributed by atoms with van der Waals surface area (Å²) >= 11 is 0. The summed E-state index contributed by atoms with van der Waals surface area (Å²) in [7, 11) is 0. The lowest BCUT2D eigenvalue weighted by atomic mass is 9.80. The Morgan fingerprint density at radius 2 is 1.83 bits per heavy atom. The Bertz CT molecular complexity index is 252. The zero-order valence-corrected chi connectivity index (χ0v) is 12.8. The molecule has 1 aliphatic heterocycles. The van der Waals surface area contributed by atoms with Gasteiger partial charge in [0.25, 0.3) is 0 Å². The van der Waals surface area contributed by atoms with E-state index in [1.165, 1.54) is 51.7 Å². The minimum atomic E-state index is 0.476. The van der Waals surface area contributed by atoms with Crippen LogP contribution in [0.25, 0.3) is 0 Å². The quantitative estimate of drug-likeness (QED) is 0.808. The van der Waals surface area contributed by atoms with Crippen LogP contribution in [0.1, 0.15) is 59.8 Å². The number of hydrogen-bond acceptors (Lipinski definition) is 2. The summed E-state index contributed by atoms with van der Waals surface area (Å²) in [4.78, 5) is 2.69. The SMILES string of the molecule is CCCN1CC(CC(C)(C)C)CC(NC2CC2)C1. The molecular formula is C16H32N2. The topological polar surface area (TPSA) is 15.3 Å². The highest BCUT2D eigenvalue weighted by Crippen LogP contribution is 2.31. The highest BCUT2D eigenvalue weighted by atomic mass is 15.2. The van der Waals surface area contributed by atoms with Gasteiger partial charge in [-0.1, -0.05) is 27.7 Å². The Hall–Kier alpha value is -0.0800. The van der Waals surface area contributed by atoms with Crippen molar-refractivity contribution < 1.29 is 0 Å². The molecule has 0 amide bonds. The van der Waals surface area contributed by atoms with Gasteiger partial charge in [-0.2, -0.15) is 0 Å². The lowest BCUT2D eigenvalue weighted by molar-refractivity contribution is 0.113. The molecule has 2 aliphatic rings. The molecular weight excluding hydrogens is 220 g/mol. The Morgan fingerprint density at radius 3 is 2.39 bits per heavy atom. The summed E-state index contributed by atoms with van der Waals surface area (Å²) in [6.45, 7) is 13.3. The lowest BCUT2D eigenvalue weighted by Gasteiger charge is -2.40. The second-order valence-corrected chi connectivity index (χ2v) is 7.76. The summed E-state index contributed by atoms with van der Waals surface area (Å²) in [5.41, 5.74) is 0.476. The van der Waals surface area contributed by atoms with Gasteiger partial charge in [0.2, 0.25) is 0 Å². The third kappa shape index (κ3) is 4.89. The van der Waals surface area contributed by atoms with Crippen LogP contribution < -0.4 is 5.32 Å². The molecule has 1 saturated carbocycles. The zero-order valence-electron chi connectivity index (χ0n) is 12.8. The molecule has 1 N–H and O–H groups in total. The minimum absolute atomic E-state index is 0.476. The smallest absolute Gasteiger partial charge is 0.0200 e. The fourth-order valence-electron chi connectivity index (χ4n) is 3.52. The predicted octanol–water partition coefficient (Wildman–Crippen LogP) is 3.28. The van der Waals surface area contributed by atoms with Crippen molar-refractivity contribution in [1.82, 2.24) is 10.2 Å². The van der Waals surface area contributed by atoms with Crippen LogP contribution in [0.2, 0.25) is 0 Å². The van der Waals surface area contributed by atoms with Crippen molar-refractivity contribution in [1.29, 1.82) is 0 Å². The van der Waals surface area contributed by atoms with Gasteiger partial charge in [-0.05, 0) is 50.0 Å². The first-order valence-corrected chi connectivity index (χ1v) is 7.94. The molecule has 1 saturated heterocycles. The van der Waals surface area contributed by atoms with Gasteiger partial charge in [0, 0.05) is 25.2 Å². The van der Waals surface area contributed by atoms with Gasteiger partial charge in [-0.3, -0.25) is 0 Å². The van der Waals surface area contributed by atoms with Crippen molar-refractivity contribution in [3.63, 3.8) is 0 Å². The average molecular weight is 252 g/mol. The zero-order chi connectivity index (χ0) is 13.2. The van der Waals surface area contributed by atoms with Crippen LogP contribution in [0.3, 0.4) is 0 Å². The van der Waals surface area contributed by atoms with E-state index in [1.54, 1.807) is 0 Å². The molecule has 2 atom stereocenters. The van der Waals surface area contributed by atoms with Crippen LogP contribution >= 0.6 is 0 Å². The lowest BCUT2D eigenvalue weighted by Crippen LogP contribution is -2.50. The van der Waals surface area contributed by atoms with Gasteiger partial charge in [0.1, 0.15) is 0 Å². The van der Waals surface area contributed by atoms with Crippen molar-refractivity contribution in [2.75, 3.05) is 19.6 Å². The molecule has 2 rings (SSSR count). The van der Waals surface area contributed by atoms with E-state index >= 15 is 0 Å². The maximum Gasteiger partial charge on any atom is 0.0200 e. The van der Waals surface area contributed by atoms with Crippen LogP contribution in [0.15, 0.2) is 0 Å². The van der Waals surface area contributed by atoms with Gasteiger partial charge in [0.05, 0.1) is 0 Å². The summed E-state index contributed by atoms with van der Waals surface area (Å²) in [6, 6.07) is 1.61. The second kappa shape index (κ2) is 5.92. The molecule has 0 spiro atoms. The summed E-state index contributed by atoms with van der Waals surface area (Å²) in [5.74, 6) is 0.890. The number of likely N-dealkylation sites (tertiary alicyclic amines) is 1. The molecule has 0 bridgehead atoms. The molecule has 1 aliphatic carbocycles. The van der Waals surface area contributed by atoms with Crippen molar-refractivity contribution in [3.8, 4) is 0 Å². The second-order valence-electron chi connectivity index (χ2n) is 7.76. The number of rotatable bonds is 5. The van der Waals surface area contributed by atoms with E-state index in [0.29, 0.717) is 5.41 Å². The Balaban J connectivity index is 1.87. The van der Waals surface area contributed by atoms with Gasteiger partial charge in [-0.25, -0.2) is 0 Å². The van der Waals surface area contributed by atoms with E-state index in [2.05, 4.69) is 37.9 Å². The number of nitrogens with zero attached hydrogens (tertiary/aromatic N) is 1. The van der Waals surface area contributed by atoms with E-state index < -0.39 is 0 Å². The van der Waals surface area contributed by atoms with Gasteiger partial charge in [0.15, 0.2) is 0 Å². The monoisotopic (exact) mass is 252 g/mol. The van der Waals surface area contributed by atoms with Crippen molar-refractivity contribution >= 4 is 0 Å². The van der Waals surface area contributed by atoms with Crippen LogP contribution in [0.4, 0.5) is 0 Å². The van der Waals surface area contributed by atoms with E-state index in [-0.39, 0.29) is 0 Å². The van der Waals surface area contributed by atoms with Crippen LogP contribution in [-0.2, 0) is 0 Å². The van der Waals surface area contributed by atoms with Crippen LogP contribution in [0, 0.1) is 11.3 Å². The van der Waals surface area contributed by atoms with Crippen molar-refractivity contribution in [2.24, 2.45) is 11.3 Å². The Kier molecular flexibility index (Phi) is 4.71. The molecule has 2 heteroatoms. The molecule has 1 heterocycles. The Labute approximate surface area is 114 Å². The maximum atomic E-state index is 3.86. The molecule has 0 aromatic carbocycles. The number of piperidine rings is 1. The van der Waals surface area contributed by atoms with Crippen molar-refractivity contribution in [3.05, 3.63) is 0 Å². The molecule has 18 heavy (non-hydrogen) atoms. The van der Waals surface area contributed by atoms with Gasteiger partial charge < -0.3 is 10.2 Å². The molecule has 2 unspecified atom stereocenters. The molecule has 0 radical (unpaired) electrons. The van der Waals surface area contributed by atoms with E-state index in [9.17, 15) is 0 Å². The summed E-state index contributed by atoms with van der Waals surface area (Å²) < 4.78 is 0. The summed E-state index contributed by atoms with van der Waals surface area (Å²) in [6.07, 6.45) is 6.88. The molecule has 106 valence electrons. The average Bonchev–Trinajstić information content (AvgIpc) is 2.98.